The van der Waals surface area contributed by atoms with Crippen molar-refractivity contribution < 1.29 is 18.9 Å². The standard InChI is InChI=1S/C25H17ClN4O5S/c1-2-34-18-8-9-20-22(13-18)36-25(28-20)29-23(31)19-12-14-11-17(30(32)33)7-10-21(14)35-24(19)27-16-5-3-15(26)4-6-16/h3-13H,2H2,1H3,(H,28,29,31). The summed E-state index contributed by atoms with van der Waals surface area (Å²) in [6, 6.07) is 17.8. The highest BCUT2D eigenvalue weighted by Gasteiger charge is 2.17. The molecule has 0 radical (unpaired) electrons. The van der Waals surface area contributed by atoms with E-state index in [1.165, 1.54) is 35.6 Å². The van der Waals surface area contributed by atoms with Crippen LogP contribution in [0.2, 0.25) is 5.02 Å². The number of nitro benzene ring substituents is 1. The lowest BCUT2D eigenvalue weighted by Crippen LogP contribution is -2.21. The first-order valence-corrected chi connectivity index (χ1v) is 12.0. The van der Waals surface area contributed by atoms with Crippen LogP contribution in [0, 0.1) is 10.1 Å². The second-order valence-corrected chi connectivity index (χ2v) is 9.04. The van der Waals surface area contributed by atoms with Crippen molar-refractivity contribution in [1.82, 2.24) is 4.98 Å². The number of benzene rings is 3. The van der Waals surface area contributed by atoms with E-state index in [2.05, 4.69) is 15.3 Å². The zero-order valence-corrected chi connectivity index (χ0v) is 20.3. The third kappa shape index (κ3) is 4.90. The van der Waals surface area contributed by atoms with E-state index in [-0.39, 0.29) is 16.8 Å². The third-order valence-electron chi connectivity index (χ3n) is 5.13. The molecular weight excluding hydrogens is 504 g/mol. The van der Waals surface area contributed by atoms with Gasteiger partial charge in [-0.15, -0.1) is 0 Å². The van der Waals surface area contributed by atoms with Crippen LogP contribution >= 0.6 is 22.9 Å². The highest BCUT2D eigenvalue weighted by molar-refractivity contribution is 7.22. The zero-order valence-electron chi connectivity index (χ0n) is 18.7. The average Bonchev–Trinajstić information content (AvgIpc) is 3.26. The number of hydrogen-bond acceptors (Lipinski definition) is 8. The summed E-state index contributed by atoms with van der Waals surface area (Å²) in [6.45, 7) is 2.44. The van der Waals surface area contributed by atoms with Crippen LogP contribution in [0.5, 0.6) is 5.75 Å². The predicted molar refractivity (Wildman–Crippen MR) is 138 cm³/mol. The molecule has 9 nitrogen and oxygen atoms in total. The number of nitrogens with zero attached hydrogens (tertiary/aromatic N) is 3. The fourth-order valence-electron chi connectivity index (χ4n) is 3.49. The normalized spacial score (nSPS) is 11.7. The van der Waals surface area contributed by atoms with Gasteiger partial charge < -0.3 is 9.15 Å². The number of halogens is 1. The first-order chi connectivity index (χ1) is 17.4. The largest absolute Gasteiger partial charge is 0.494 e. The minimum Gasteiger partial charge on any atom is -0.494 e. The molecule has 1 N–H and O–H groups in total. The van der Waals surface area contributed by atoms with Crippen LogP contribution < -0.4 is 15.6 Å². The second-order valence-electron chi connectivity index (χ2n) is 7.57. The van der Waals surface area contributed by atoms with E-state index in [9.17, 15) is 14.9 Å². The van der Waals surface area contributed by atoms with E-state index in [0.29, 0.717) is 44.7 Å². The van der Waals surface area contributed by atoms with Gasteiger partial charge in [-0.05, 0) is 61.5 Å². The molecule has 11 heteroatoms. The van der Waals surface area contributed by atoms with E-state index in [4.69, 9.17) is 20.8 Å². The molecule has 5 rings (SSSR count). The quantitative estimate of drug-likeness (QED) is 0.202. The van der Waals surface area contributed by atoms with Gasteiger partial charge in [-0.25, -0.2) is 9.98 Å². The van der Waals surface area contributed by atoms with Crippen LogP contribution in [-0.2, 0) is 0 Å². The van der Waals surface area contributed by atoms with E-state index in [1.807, 2.05) is 25.1 Å². The summed E-state index contributed by atoms with van der Waals surface area (Å²) in [5, 5.41) is 15.3. The minimum absolute atomic E-state index is 0.0379. The molecule has 36 heavy (non-hydrogen) atoms. The molecular formula is C25H17ClN4O5S. The van der Waals surface area contributed by atoms with Gasteiger partial charge in [-0.3, -0.25) is 20.2 Å². The molecule has 0 saturated carbocycles. The summed E-state index contributed by atoms with van der Waals surface area (Å²) >= 11 is 7.26. The molecule has 1 amide bonds. The van der Waals surface area contributed by atoms with Crippen molar-refractivity contribution in [1.29, 1.82) is 0 Å². The van der Waals surface area contributed by atoms with Crippen molar-refractivity contribution in [3.8, 4) is 5.75 Å². The van der Waals surface area contributed by atoms with Gasteiger partial charge in [-0.2, -0.15) is 0 Å². The van der Waals surface area contributed by atoms with E-state index in [0.717, 1.165) is 4.70 Å². The summed E-state index contributed by atoms with van der Waals surface area (Å²) in [6.07, 6.45) is 0. The molecule has 0 aliphatic rings. The van der Waals surface area contributed by atoms with Crippen LogP contribution in [0.1, 0.15) is 17.3 Å². The number of non-ortho nitro benzene ring substituents is 1. The SMILES string of the molecule is CCOc1ccc2nc(NC(=O)c3cc4cc([N+](=O)[O-])ccc4oc3=Nc3ccc(Cl)cc3)sc2c1. The zero-order chi connectivity index (χ0) is 25.2. The Kier molecular flexibility index (Phi) is 6.36. The summed E-state index contributed by atoms with van der Waals surface area (Å²) in [4.78, 5) is 33.0. The van der Waals surface area contributed by atoms with Crippen LogP contribution in [0.15, 0.2) is 76.1 Å². The smallest absolute Gasteiger partial charge is 0.270 e. The maximum Gasteiger partial charge on any atom is 0.270 e. The van der Waals surface area contributed by atoms with Crippen molar-refractivity contribution in [2.45, 2.75) is 6.92 Å². The molecule has 3 aromatic carbocycles. The molecule has 0 aliphatic carbocycles. The van der Waals surface area contributed by atoms with Gasteiger partial charge in [0, 0.05) is 22.5 Å². The monoisotopic (exact) mass is 520 g/mol. The maximum absolute atomic E-state index is 13.3. The number of hydrogen-bond donors (Lipinski definition) is 1. The summed E-state index contributed by atoms with van der Waals surface area (Å²) in [5.74, 6) is 0.189. The van der Waals surface area contributed by atoms with Gasteiger partial charge in [0.2, 0.25) is 5.55 Å². The molecule has 0 saturated heterocycles. The average molecular weight is 521 g/mol. The molecule has 0 bridgehead atoms. The molecule has 0 unspecified atom stereocenters. The highest BCUT2D eigenvalue weighted by Crippen LogP contribution is 2.30. The Bertz CT molecular complexity index is 1700. The van der Waals surface area contributed by atoms with Gasteiger partial charge in [-0.1, -0.05) is 22.9 Å². The van der Waals surface area contributed by atoms with Gasteiger partial charge in [0.15, 0.2) is 5.13 Å². The Morgan fingerprint density at radius 3 is 2.72 bits per heavy atom. The Hall–Kier alpha value is -4.28. The number of rotatable bonds is 6. The maximum atomic E-state index is 13.3. The highest BCUT2D eigenvalue weighted by atomic mass is 35.5. The fraction of sp³-hybridized carbons (Fsp3) is 0.0800. The molecule has 2 heterocycles. The van der Waals surface area contributed by atoms with E-state index >= 15 is 0 Å². The molecule has 2 aromatic heterocycles. The first-order valence-electron chi connectivity index (χ1n) is 10.8. The van der Waals surface area contributed by atoms with Crippen molar-refractivity contribution in [2.24, 2.45) is 4.99 Å². The Labute approximate surface area is 212 Å². The second kappa shape index (κ2) is 9.76. The van der Waals surface area contributed by atoms with Crippen molar-refractivity contribution in [3.63, 3.8) is 0 Å². The Morgan fingerprint density at radius 1 is 1.17 bits per heavy atom. The predicted octanol–water partition coefficient (Wildman–Crippen LogP) is 6.49. The number of thiazole rings is 1. The fourth-order valence-corrected chi connectivity index (χ4v) is 4.50. The van der Waals surface area contributed by atoms with Gasteiger partial charge >= 0.3 is 0 Å². The molecule has 5 aromatic rings. The van der Waals surface area contributed by atoms with E-state index in [1.54, 1.807) is 24.3 Å². The molecule has 0 fully saturated rings. The third-order valence-corrected chi connectivity index (χ3v) is 6.32. The number of ether oxygens (including phenoxy) is 1. The number of anilines is 1. The summed E-state index contributed by atoms with van der Waals surface area (Å²) in [5.41, 5.74) is 1.57. The molecule has 0 spiro atoms. The van der Waals surface area contributed by atoms with E-state index < -0.39 is 10.8 Å². The number of aromatic nitrogens is 1. The van der Waals surface area contributed by atoms with Gasteiger partial charge in [0.25, 0.3) is 11.6 Å². The number of nitro groups is 1. The molecule has 0 atom stereocenters. The Balaban J connectivity index is 1.58. The lowest BCUT2D eigenvalue weighted by molar-refractivity contribution is -0.384. The van der Waals surface area contributed by atoms with Crippen molar-refractivity contribution in [2.75, 3.05) is 11.9 Å². The lowest BCUT2D eigenvalue weighted by atomic mass is 10.1. The molecule has 180 valence electrons. The van der Waals surface area contributed by atoms with Crippen LogP contribution in [0.4, 0.5) is 16.5 Å². The lowest BCUT2D eigenvalue weighted by Gasteiger charge is -2.05. The van der Waals surface area contributed by atoms with Crippen LogP contribution in [0.25, 0.3) is 21.2 Å². The topological polar surface area (TPSA) is 120 Å². The number of amides is 1. The van der Waals surface area contributed by atoms with Crippen LogP contribution in [0.3, 0.4) is 0 Å². The summed E-state index contributed by atoms with van der Waals surface area (Å²) < 4.78 is 12.3. The van der Waals surface area contributed by atoms with Crippen molar-refractivity contribution >= 4 is 66.5 Å². The number of carbonyl (C=O) groups is 1. The van der Waals surface area contributed by atoms with Gasteiger partial charge in [0.05, 0.1) is 27.4 Å². The number of fused-ring (bicyclic) bond motifs is 2. The minimum atomic E-state index is -0.524. The number of nitrogens with one attached hydrogen (secondary N) is 1. The Morgan fingerprint density at radius 2 is 1.97 bits per heavy atom. The number of carbonyl (C=O) groups excluding carboxylic acids is 1. The van der Waals surface area contributed by atoms with Gasteiger partial charge in [0.1, 0.15) is 16.9 Å². The van der Waals surface area contributed by atoms with Crippen molar-refractivity contribution in [3.05, 3.63) is 93.0 Å². The molecule has 0 aliphatic heterocycles. The van der Waals surface area contributed by atoms with Crippen LogP contribution in [-0.4, -0.2) is 22.4 Å². The first kappa shape index (κ1) is 23.5. The summed E-state index contributed by atoms with van der Waals surface area (Å²) in [7, 11) is 0.